The Hall–Kier alpha value is -1.17. The largest absolute Gasteiger partial charge is 0.378 e. The molecule has 1 aromatic rings. The molecule has 9 heteroatoms. The predicted octanol–water partition coefficient (Wildman–Crippen LogP) is 2.63. The van der Waals surface area contributed by atoms with Gasteiger partial charge in [-0.25, -0.2) is 9.38 Å². The van der Waals surface area contributed by atoms with Crippen molar-refractivity contribution in [2.24, 2.45) is 4.99 Å². The summed E-state index contributed by atoms with van der Waals surface area (Å²) in [7, 11) is 0. The third-order valence-electron chi connectivity index (χ3n) is 5.88. The SMILES string of the molecule is CCNC(=NCc1ccc(N2CCOCC2)c(F)c1)N1CCOC(C2CCCO2)C1.I. The summed E-state index contributed by atoms with van der Waals surface area (Å²) >= 11 is 0. The number of benzene rings is 1. The van der Waals surface area contributed by atoms with Gasteiger partial charge in [-0.05, 0) is 37.5 Å². The Bertz CT molecular complexity index is 727. The van der Waals surface area contributed by atoms with Crippen LogP contribution in [0.1, 0.15) is 25.3 Å². The number of halogens is 2. The zero-order valence-corrected chi connectivity index (χ0v) is 20.6. The molecule has 0 amide bonds. The van der Waals surface area contributed by atoms with Gasteiger partial charge in [-0.15, -0.1) is 24.0 Å². The molecule has 0 spiro atoms. The Morgan fingerprint density at radius 2 is 1.94 bits per heavy atom. The molecule has 0 aromatic heterocycles. The van der Waals surface area contributed by atoms with E-state index in [-0.39, 0.29) is 42.0 Å². The van der Waals surface area contributed by atoms with E-state index < -0.39 is 0 Å². The zero-order valence-electron chi connectivity index (χ0n) is 18.2. The molecule has 0 saturated carbocycles. The minimum absolute atomic E-state index is 0. The summed E-state index contributed by atoms with van der Waals surface area (Å²) in [4.78, 5) is 9.06. The predicted molar refractivity (Wildman–Crippen MR) is 130 cm³/mol. The van der Waals surface area contributed by atoms with Crippen LogP contribution in [0.5, 0.6) is 0 Å². The highest BCUT2D eigenvalue weighted by Gasteiger charge is 2.32. The van der Waals surface area contributed by atoms with E-state index in [4.69, 9.17) is 19.2 Å². The van der Waals surface area contributed by atoms with Crippen molar-refractivity contribution in [3.8, 4) is 0 Å². The Morgan fingerprint density at radius 1 is 1.13 bits per heavy atom. The second kappa shape index (κ2) is 12.2. The lowest BCUT2D eigenvalue weighted by Crippen LogP contribution is -2.53. The van der Waals surface area contributed by atoms with Crippen LogP contribution < -0.4 is 10.2 Å². The molecule has 3 aliphatic heterocycles. The van der Waals surface area contributed by atoms with E-state index in [2.05, 4.69) is 17.1 Å². The van der Waals surface area contributed by atoms with Gasteiger partial charge in [-0.2, -0.15) is 0 Å². The molecule has 3 fully saturated rings. The van der Waals surface area contributed by atoms with Crippen molar-refractivity contribution in [1.29, 1.82) is 0 Å². The van der Waals surface area contributed by atoms with Crippen molar-refractivity contribution in [1.82, 2.24) is 10.2 Å². The first-order valence-electron chi connectivity index (χ1n) is 11.1. The highest BCUT2D eigenvalue weighted by Crippen LogP contribution is 2.23. The van der Waals surface area contributed by atoms with Crippen molar-refractivity contribution in [3.05, 3.63) is 29.6 Å². The van der Waals surface area contributed by atoms with E-state index in [0.717, 1.165) is 63.7 Å². The first-order valence-corrected chi connectivity index (χ1v) is 11.1. The molecule has 174 valence electrons. The summed E-state index contributed by atoms with van der Waals surface area (Å²) in [6.07, 6.45) is 2.42. The normalized spacial score (nSPS) is 24.8. The first-order chi connectivity index (χ1) is 14.7. The molecule has 31 heavy (non-hydrogen) atoms. The first kappa shape index (κ1) is 24.5. The summed E-state index contributed by atoms with van der Waals surface area (Å²) in [6.45, 7) is 9.06. The van der Waals surface area contributed by atoms with Gasteiger partial charge in [0.15, 0.2) is 5.96 Å². The molecule has 0 bridgehead atoms. The number of hydrogen-bond donors (Lipinski definition) is 1. The number of anilines is 1. The Balaban J connectivity index is 0.00000272. The molecule has 2 unspecified atom stereocenters. The van der Waals surface area contributed by atoms with E-state index in [9.17, 15) is 4.39 Å². The average Bonchev–Trinajstić information content (AvgIpc) is 3.32. The molecule has 0 aliphatic carbocycles. The van der Waals surface area contributed by atoms with Crippen LogP contribution in [0.4, 0.5) is 10.1 Å². The molecule has 3 aliphatic rings. The number of morpholine rings is 2. The quantitative estimate of drug-likeness (QED) is 0.347. The Kier molecular flexibility index (Phi) is 9.61. The second-order valence-electron chi connectivity index (χ2n) is 7.96. The Morgan fingerprint density at radius 3 is 2.65 bits per heavy atom. The average molecular weight is 548 g/mol. The van der Waals surface area contributed by atoms with Gasteiger partial charge in [0, 0.05) is 39.3 Å². The summed E-state index contributed by atoms with van der Waals surface area (Å²) in [5, 5.41) is 3.38. The third kappa shape index (κ3) is 6.43. The molecule has 3 saturated heterocycles. The molecule has 3 heterocycles. The molecule has 1 N–H and O–H groups in total. The van der Waals surface area contributed by atoms with Gasteiger partial charge >= 0.3 is 0 Å². The van der Waals surface area contributed by atoms with Crippen LogP contribution >= 0.6 is 24.0 Å². The molecule has 7 nitrogen and oxygen atoms in total. The highest BCUT2D eigenvalue weighted by atomic mass is 127. The van der Waals surface area contributed by atoms with Crippen LogP contribution in [0, 0.1) is 5.82 Å². The molecule has 2 atom stereocenters. The number of ether oxygens (including phenoxy) is 3. The summed E-state index contributed by atoms with van der Waals surface area (Å²) in [6, 6.07) is 5.43. The summed E-state index contributed by atoms with van der Waals surface area (Å²) < 4.78 is 31.8. The van der Waals surface area contributed by atoms with Crippen LogP contribution in [-0.4, -0.2) is 82.2 Å². The van der Waals surface area contributed by atoms with E-state index in [0.29, 0.717) is 32.1 Å². The number of guanidine groups is 1. The molecular weight excluding hydrogens is 514 g/mol. The van der Waals surface area contributed by atoms with E-state index >= 15 is 0 Å². The number of rotatable bonds is 5. The summed E-state index contributed by atoms with van der Waals surface area (Å²) in [5.41, 5.74) is 1.51. The minimum Gasteiger partial charge on any atom is -0.378 e. The lowest BCUT2D eigenvalue weighted by Gasteiger charge is -2.37. The van der Waals surface area contributed by atoms with Crippen molar-refractivity contribution >= 4 is 35.6 Å². The van der Waals surface area contributed by atoms with Gasteiger partial charge in [-0.3, -0.25) is 0 Å². The van der Waals surface area contributed by atoms with Crippen molar-refractivity contribution in [3.63, 3.8) is 0 Å². The maximum atomic E-state index is 14.7. The second-order valence-corrected chi connectivity index (χ2v) is 7.96. The highest BCUT2D eigenvalue weighted by molar-refractivity contribution is 14.0. The number of nitrogens with one attached hydrogen (secondary N) is 1. The maximum Gasteiger partial charge on any atom is 0.194 e. The van der Waals surface area contributed by atoms with Crippen molar-refractivity contribution in [2.45, 2.75) is 38.5 Å². The van der Waals surface area contributed by atoms with Crippen molar-refractivity contribution in [2.75, 3.05) is 64.1 Å². The zero-order chi connectivity index (χ0) is 20.8. The van der Waals surface area contributed by atoms with Gasteiger partial charge in [0.2, 0.25) is 0 Å². The van der Waals surface area contributed by atoms with Crippen molar-refractivity contribution < 1.29 is 18.6 Å². The van der Waals surface area contributed by atoms with E-state index in [1.165, 1.54) is 0 Å². The van der Waals surface area contributed by atoms with Crippen LogP contribution in [0.2, 0.25) is 0 Å². The Labute approximate surface area is 201 Å². The number of nitrogens with zero attached hydrogens (tertiary/aromatic N) is 3. The fourth-order valence-electron chi connectivity index (χ4n) is 4.29. The van der Waals surface area contributed by atoms with Crippen LogP contribution in [0.25, 0.3) is 0 Å². The fraction of sp³-hybridized carbons (Fsp3) is 0.682. The number of hydrogen-bond acceptors (Lipinski definition) is 5. The van der Waals surface area contributed by atoms with Gasteiger partial charge in [0.05, 0.1) is 38.2 Å². The minimum atomic E-state index is -0.195. The van der Waals surface area contributed by atoms with E-state index in [1.54, 1.807) is 6.07 Å². The van der Waals surface area contributed by atoms with Gasteiger partial charge < -0.3 is 29.3 Å². The van der Waals surface area contributed by atoms with Crippen LogP contribution in [0.3, 0.4) is 0 Å². The number of aliphatic imine (C=N–C) groups is 1. The molecule has 0 radical (unpaired) electrons. The fourth-order valence-corrected chi connectivity index (χ4v) is 4.29. The topological polar surface area (TPSA) is 58.6 Å². The monoisotopic (exact) mass is 548 g/mol. The lowest BCUT2D eigenvalue weighted by atomic mass is 10.1. The lowest BCUT2D eigenvalue weighted by molar-refractivity contribution is -0.0817. The van der Waals surface area contributed by atoms with Gasteiger partial charge in [0.25, 0.3) is 0 Å². The van der Waals surface area contributed by atoms with E-state index in [1.807, 2.05) is 17.0 Å². The van der Waals surface area contributed by atoms with Gasteiger partial charge in [-0.1, -0.05) is 6.07 Å². The summed E-state index contributed by atoms with van der Waals surface area (Å²) in [5.74, 6) is 0.654. The molecule has 4 rings (SSSR count). The van der Waals surface area contributed by atoms with Gasteiger partial charge in [0.1, 0.15) is 11.9 Å². The smallest absolute Gasteiger partial charge is 0.194 e. The van der Waals surface area contributed by atoms with Crippen LogP contribution in [-0.2, 0) is 20.8 Å². The van der Waals surface area contributed by atoms with Crippen LogP contribution in [0.15, 0.2) is 23.2 Å². The third-order valence-corrected chi connectivity index (χ3v) is 5.88. The maximum absolute atomic E-state index is 14.7. The molecule has 1 aromatic carbocycles. The molecular formula is C22H34FIN4O3. The standard InChI is InChI=1S/C22H33FN4O3.HI/c1-2-24-22(27-9-13-30-21(16-27)20-4-3-10-29-20)25-15-17-5-6-19(18(23)14-17)26-7-11-28-12-8-26;/h5-6,14,20-21H,2-4,7-13,15-16H2,1H3,(H,24,25);1H.